The number of ether oxygens (including phenoxy) is 1. The number of carbonyl (C=O) groups excluding carboxylic acids is 2. The normalized spacial score (nSPS) is 16.1. The number of rotatable bonds is 3. The summed E-state index contributed by atoms with van der Waals surface area (Å²) in [6.45, 7) is 3.80. The molecule has 1 aliphatic heterocycles. The molecule has 1 aliphatic rings. The number of fused-ring (bicyclic) bond motifs is 1. The van der Waals surface area contributed by atoms with E-state index in [4.69, 9.17) is 4.74 Å². The predicted octanol–water partition coefficient (Wildman–Crippen LogP) is 3.69. The van der Waals surface area contributed by atoms with Crippen LogP contribution < -0.4 is 15.4 Å². The van der Waals surface area contributed by atoms with Gasteiger partial charge in [-0.1, -0.05) is 6.07 Å². The first kappa shape index (κ1) is 16.4. The lowest BCUT2D eigenvalue weighted by Crippen LogP contribution is -2.26. The van der Waals surface area contributed by atoms with Crippen molar-refractivity contribution in [3.8, 4) is 5.75 Å². The van der Waals surface area contributed by atoms with Crippen LogP contribution >= 0.6 is 11.8 Å². The summed E-state index contributed by atoms with van der Waals surface area (Å²) in [6.07, 6.45) is 0. The summed E-state index contributed by atoms with van der Waals surface area (Å²) in [4.78, 5) is 25.3. The van der Waals surface area contributed by atoms with Gasteiger partial charge in [-0.2, -0.15) is 0 Å². The number of carbonyl (C=O) groups is 2. The highest BCUT2D eigenvalue weighted by Crippen LogP contribution is 2.36. The van der Waals surface area contributed by atoms with Gasteiger partial charge in [0.2, 0.25) is 5.91 Å². The third-order valence-electron chi connectivity index (χ3n) is 3.78. The van der Waals surface area contributed by atoms with E-state index in [1.807, 2.05) is 38.1 Å². The van der Waals surface area contributed by atoms with Crippen LogP contribution in [0.1, 0.15) is 22.8 Å². The van der Waals surface area contributed by atoms with Gasteiger partial charge < -0.3 is 15.4 Å². The molecule has 0 saturated heterocycles. The van der Waals surface area contributed by atoms with E-state index in [-0.39, 0.29) is 17.1 Å². The molecule has 124 valence electrons. The van der Waals surface area contributed by atoms with E-state index < -0.39 is 0 Å². The van der Waals surface area contributed by atoms with Gasteiger partial charge in [-0.15, -0.1) is 11.8 Å². The van der Waals surface area contributed by atoms with Crippen molar-refractivity contribution in [2.24, 2.45) is 0 Å². The topological polar surface area (TPSA) is 67.4 Å². The van der Waals surface area contributed by atoms with Crippen molar-refractivity contribution < 1.29 is 14.3 Å². The molecule has 0 fully saturated rings. The number of amides is 2. The molecule has 24 heavy (non-hydrogen) atoms. The van der Waals surface area contributed by atoms with E-state index in [2.05, 4.69) is 10.6 Å². The zero-order chi connectivity index (χ0) is 17.3. The summed E-state index contributed by atoms with van der Waals surface area (Å²) in [5, 5.41) is 5.57. The largest absolute Gasteiger partial charge is 0.495 e. The molecule has 1 heterocycles. The summed E-state index contributed by atoms with van der Waals surface area (Å²) < 4.78 is 5.28. The molecule has 0 unspecified atom stereocenters. The van der Waals surface area contributed by atoms with Gasteiger partial charge in [-0.3, -0.25) is 9.59 Å². The molecular weight excluding hydrogens is 324 g/mol. The molecule has 2 amide bonds. The van der Waals surface area contributed by atoms with Crippen molar-refractivity contribution >= 4 is 35.0 Å². The molecule has 2 aromatic rings. The van der Waals surface area contributed by atoms with Crippen LogP contribution in [0.25, 0.3) is 0 Å². The third kappa shape index (κ3) is 3.23. The minimum atomic E-state index is -0.250. The number of methoxy groups -OCH3 is 1. The summed E-state index contributed by atoms with van der Waals surface area (Å²) in [5.74, 6) is 0.301. The van der Waals surface area contributed by atoms with Crippen LogP contribution in [0, 0.1) is 6.92 Å². The van der Waals surface area contributed by atoms with Crippen molar-refractivity contribution in [3.05, 3.63) is 47.5 Å². The smallest absolute Gasteiger partial charge is 0.255 e. The monoisotopic (exact) mass is 342 g/mol. The fourth-order valence-electron chi connectivity index (χ4n) is 2.46. The average Bonchev–Trinajstić information content (AvgIpc) is 2.55. The third-order valence-corrected chi connectivity index (χ3v) is 4.95. The van der Waals surface area contributed by atoms with Crippen molar-refractivity contribution in [1.82, 2.24) is 0 Å². The molecule has 0 radical (unpaired) electrons. The lowest BCUT2D eigenvalue weighted by molar-refractivity contribution is -0.115. The van der Waals surface area contributed by atoms with E-state index in [9.17, 15) is 9.59 Å². The Morgan fingerprint density at radius 3 is 2.79 bits per heavy atom. The van der Waals surface area contributed by atoms with Crippen molar-refractivity contribution in [3.63, 3.8) is 0 Å². The number of aryl methyl sites for hydroxylation is 1. The van der Waals surface area contributed by atoms with Crippen LogP contribution in [0.5, 0.6) is 5.75 Å². The standard InChI is InChI=1S/C18H18N2O3S/c1-10-4-6-15(23-3)13(8-10)19-18(22)12-5-7-16-14(9-12)20-17(21)11(2)24-16/h4-9,11H,1-3H3,(H,19,22)(H,20,21)/t11-/m1/s1. The SMILES string of the molecule is COc1ccc(C)cc1NC(=O)c1ccc2c(c1)NC(=O)[C@@H](C)S2. The number of thioether (sulfide) groups is 1. The van der Waals surface area contributed by atoms with Gasteiger partial charge in [0.1, 0.15) is 5.75 Å². The van der Waals surface area contributed by atoms with E-state index >= 15 is 0 Å². The zero-order valence-corrected chi connectivity index (χ0v) is 14.5. The maximum atomic E-state index is 12.5. The van der Waals surface area contributed by atoms with Crippen LogP contribution in [-0.4, -0.2) is 24.2 Å². The fraction of sp³-hybridized carbons (Fsp3) is 0.222. The minimum Gasteiger partial charge on any atom is -0.495 e. The molecule has 0 saturated carbocycles. The Morgan fingerprint density at radius 2 is 2.04 bits per heavy atom. The first-order chi connectivity index (χ1) is 11.5. The Morgan fingerprint density at radius 1 is 1.25 bits per heavy atom. The second-order valence-corrected chi connectivity index (χ2v) is 7.00. The number of hydrogen-bond acceptors (Lipinski definition) is 4. The average molecular weight is 342 g/mol. The number of benzene rings is 2. The minimum absolute atomic E-state index is 0.0505. The highest BCUT2D eigenvalue weighted by Gasteiger charge is 2.23. The summed E-state index contributed by atoms with van der Waals surface area (Å²) in [5.41, 5.74) is 2.79. The van der Waals surface area contributed by atoms with Crippen LogP contribution in [0.2, 0.25) is 0 Å². The second-order valence-electron chi connectivity index (χ2n) is 5.62. The Bertz CT molecular complexity index is 820. The Kier molecular flexibility index (Phi) is 4.49. The molecule has 0 bridgehead atoms. The lowest BCUT2D eigenvalue weighted by Gasteiger charge is -2.21. The van der Waals surface area contributed by atoms with Gasteiger partial charge in [0.25, 0.3) is 5.91 Å². The summed E-state index contributed by atoms with van der Waals surface area (Å²) in [6, 6.07) is 10.9. The molecule has 3 rings (SSSR count). The van der Waals surface area contributed by atoms with E-state index in [0.717, 1.165) is 10.5 Å². The zero-order valence-electron chi connectivity index (χ0n) is 13.7. The number of nitrogens with one attached hydrogen (secondary N) is 2. The highest BCUT2D eigenvalue weighted by atomic mass is 32.2. The van der Waals surface area contributed by atoms with Gasteiger partial charge >= 0.3 is 0 Å². The number of hydrogen-bond donors (Lipinski definition) is 2. The Labute approximate surface area is 144 Å². The van der Waals surface area contributed by atoms with Crippen molar-refractivity contribution in [2.45, 2.75) is 24.0 Å². The maximum absolute atomic E-state index is 12.5. The Balaban J connectivity index is 1.85. The summed E-state index contributed by atoms with van der Waals surface area (Å²) in [7, 11) is 1.56. The molecule has 0 aromatic heterocycles. The lowest BCUT2D eigenvalue weighted by atomic mass is 10.1. The molecule has 5 nitrogen and oxygen atoms in total. The molecule has 6 heteroatoms. The van der Waals surface area contributed by atoms with Gasteiger partial charge in [0, 0.05) is 10.5 Å². The molecule has 0 spiro atoms. The van der Waals surface area contributed by atoms with Crippen LogP contribution in [-0.2, 0) is 4.79 Å². The molecule has 2 N–H and O–H groups in total. The van der Waals surface area contributed by atoms with E-state index in [1.165, 1.54) is 11.8 Å². The van der Waals surface area contributed by atoms with Crippen LogP contribution in [0.15, 0.2) is 41.3 Å². The van der Waals surface area contributed by atoms with E-state index in [1.54, 1.807) is 19.2 Å². The summed E-state index contributed by atoms with van der Waals surface area (Å²) >= 11 is 1.49. The molecule has 1 atom stereocenters. The van der Waals surface area contributed by atoms with Gasteiger partial charge in [0.05, 0.1) is 23.7 Å². The van der Waals surface area contributed by atoms with Crippen LogP contribution in [0.3, 0.4) is 0 Å². The van der Waals surface area contributed by atoms with Gasteiger partial charge in [0.15, 0.2) is 0 Å². The van der Waals surface area contributed by atoms with Crippen LogP contribution in [0.4, 0.5) is 11.4 Å². The number of anilines is 2. The fourth-order valence-corrected chi connectivity index (χ4v) is 3.39. The first-order valence-electron chi connectivity index (χ1n) is 7.55. The maximum Gasteiger partial charge on any atom is 0.255 e. The predicted molar refractivity (Wildman–Crippen MR) is 96.1 cm³/mol. The molecule has 0 aliphatic carbocycles. The Hall–Kier alpha value is -2.47. The quantitative estimate of drug-likeness (QED) is 0.893. The molecular formula is C18H18N2O3S. The van der Waals surface area contributed by atoms with Gasteiger partial charge in [-0.05, 0) is 49.7 Å². The van der Waals surface area contributed by atoms with E-state index in [0.29, 0.717) is 22.7 Å². The second kappa shape index (κ2) is 6.57. The van der Waals surface area contributed by atoms with Crippen molar-refractivity contribution in [1.29, 1.82) is 0 Å². The first-order valence-corrected chi connectivity index (χ1v) is 8.43. The molecule has 2 aromatic carbocycles. The van der Waals surface area contributed by atoms with Crippen molar-refractivity contribution in [2.75, 3.05) is 17.7 Å². The highest BCUT2D eigenvalue weighted by molar-refractivity contribution is 8.00. The van der Waals surface area contributed by atoms with Gasteiger partial charge in [-0.25, -0.2) is 0 Å².